The molecule has 2 rings (SSSR count). The molecular formula is C18H21N3O8S2. The van der Waals surface area contributed by atoms with Crippen LogP contribution in [0.4, 0.5) is 5.69 Å². The maximum absolute atomic E-state index is 11.6. The minimum atomic E-state index is -3.89. The summed E-state index contributed by atoms with van der Waals surface area (Å²) in [4.78, 5) is 15.4. The van der Waals surface area contributed by atoms with Crippen LogP contribution < -0.4 is 14.3 Å². The van der Waals surface area contributed by atoms with Crippen LogP contribution >= 0.6 is 0 Å². The molecule has 0 fully saturated rings. The lowest BCUT2D eigenvalue weighted by atomic mass is 10.3. The lowest BCUT2D eigenvalue weighted by Crippen LogP contribution is -2.15. The van der Waals surface area contributed by atoms with Gasteiger partial charge in [-0.05, 0) is 38.1 Å². The molecule has 0 spiro atoms. The molecule has 168 valence electrons. The Labute approximate surface area is 180 Å². The van der Waals surface area contributed by atoms with Crippen LogP contribution in [-0.2, 0) is 29.5 Å². The molecule has 0 aliphatic carbocycles. The van der Waals surface area contributed by atoms with Crippen molar-refractivity contribution >= 4 is 37.3 Å². The molecule has 0 saturated heterocycles. The molecule has 31 heavy (non-hydrogen) atoms. The van der Waals surface area contributed by atoms with Gasteiger partial charge in [-0.3, -0.25) is 5.43 Å². The van der Waals surface area contributed by atoms with Crippen molar-refractivity contribution in [3.63, 3.8) is 0 Å². The second-order valence-electron chi connectivity index (χ2n) is 6.18. The van der Waals surface area contributed by atoms with Crippen LogP contribution in [0.3, 0.4) is 0 Å². The highest BCUT2D eigenvalue weighted by Crippen LogP contribution is 2.33. The van der Waals surface area contributed by atoms with Gasteiger partial charge in [0.25, 0.3) is 0 Å². The first-order valence-electron chi connectivity index (χ1n) is 8.74. The molecule has 0 bridgehead atoms. The zero-order chi connectivity index (χ0) is 23.2. The molecule has 0 unspecified atom stereocenters. The number of sulfone groups is 1. The van der Waals surface area contributed by atoms with Gasteiger partial charge in [-0.25, -0.2) is 18.2 Å². The summed E-state index contributed by atoms with van der Waals surface area (Å²) in [5.74, 6) is -0.370. The summed E-state index contributed by atoms with van der Waals surface area (Å²) in [6.45, 7) is 3.26. The van der Waals surface area contributed by atoms with Crippen LogP contribution in [0, 0.1) is 0 Å². The van der Waals surface area contributed by atoms with E-state index in [1.807, 2.05) is 0 Å². The van der Waals surface area contributed by atoms with Gasteiger partial charge in [0.05, 0.1) is 19.1 Å². The van der Waals surface area contributed by atoms with E-state index in [1.165, 1.54) is 43.5 Å². The molecule has 1 N–H and O–H groups in total. The van der Waals surface area contributed by atoms with Crippen molar-refractivity contribution in [2.24, 2.45) is 5.10 Å². The van der Waals surface area contributed by atoms with Gasteiger partial charge >= 0.3 is 16.1 Å². The van der Waals surface area contributed by atoms with E-state index in [1.54, 1.807) is 6.92 Å². The topological polar surface area (TPSA) is 150 Å². The van der Waals surface area contributed by atoms with Crippen LogP contribution in [-0.4, -0.2) is 52.6 Å². The van der Waals surface area contributed by atoms with Crippen molar-refractivity contribution < 1.29 is 35.3 Å². The van der Waals surface area contributed by atoms with E-state index in [4.69, 9.17) is 13.7 Å². The third-order valence-corrected chi connectivity index (χ3v) is 4.92. The summed E-state index contributed by atoms with van der Waals surface area (Å²) < 4.78 is 61.6. The van der Waals surface area contributed by atoms with Gasteiger partial charge in [0.15, 0.2) is 20.6 Å². The Morgan fingerprint density at radius 1 is 1.10 bits per heavy atom. The summed E-state index contributed by atoms with van der Waals surface area (Å²) in [6, 6.07) is 6.87. The number of carbonyl (C=O) groups is 1. The number of carbonyl (C=O) groups excluding carboxylic acids is 1. The van der Waals surface area contributed by atoms with Crippen LogP contribution in [0.5, 0.6) is 17.2 Å². The smallest absolute Gasteiger partial charge is 0.354 e. The molecule has 11 nitrogen and oxygen atoms in total. The second kappa shape index (κ2) is 9.75. The normalized spacial score (nSPS) is 12.2. The zero-order valence-electron chi connectivity index (χ0n) is 17.1. The first kappa shape index (κ1) is 24.1. The first-order valence-corrected chi connectivity index (χ1v) is 12.4. The van der Waals surface area contributed by atoms with Crippen molar-refractivity contribution in [1.82, 2.24) is 4.98 Å². The predicted octanol–water partition coefficient (Wildman–Crippen LogP) is 1.97. The molecule has 1 heterocycles. The second-order valence-corrected chi connectivity index (χ2v) is 9.72. The fraction of sp³-hybridized carbons (Fsp3) is 0.278. The van der Waals surface area contributed by atoms with E-state index in [9.17, 15) is 21.6 Å². The summed E-state index contributed by atoms with van der Waals surface area (Å²) in [7, 11) is -7.34. The Hall–Kier alpha value is -3.19. The Bertz CT molecular complexity index is 1190. The molecule has 13 heteroatoms. The van der Waals surface area contributed by atoms with Gasteiger partial charge < -0.3 is 13.7 Å². The van der Waals surface area contributed by atoms with Gasteiger partial charge in [0.2, 0.25) is 0 Å². The number of anilines is 1. The number of hydrogen-bond donors (Lipinski definition) is 1. The monoisotopic (exact) mass is 471 g/mol. The summed E-state index contributed by atoms with van der Waals surface area (Å²) in [5, 5.41) is 3.74. The fourth-order valence-electron chi connectivity index (χ4n) is 2.10. The van der Waals surface area contributed by atoms with Crippen LogP contribution in [0.1, 0.15) is 13.8 Å². The number of nitrogens with zero attached hydrogens (tertiary/aromatic N) is 2. The Kier molecular flexibility index (Phi) is 7.57. The molecule has 0 amide bonds. The van der Waals surface area contributed by atoms with E-state index in [-0.39, 0.29) is 40.3 Å². The molecule has 1 aromatic heterocycles. The number of ether oxygens (including phenoxy) is 2. The van der Waals surface area contributed by atoms with Crippen molar-refractivity contribution in [2.45, 2.75) is 18.9 Å². The summed E-state index contributed by atoms with van der Waals surface area (Å²) >= 11 is 0. The van der Waals surface area contributed by atoms with E-state index in [2.05, 4.69) is 15.5 Å². The number of nitrogens with one attached hydrogen (secondary N) is 1. The molecule has 2 aromatic rings. The van der Waals surface area contributed by atoms with E-state index in [0.717, 1.165) is 12.5 Å². The third kappa shape index (κ3) is 7.53. The Morgan fingerprint density at radius 2 is 1.77 bits per heavy atom. The molecular weight excluding hydrogens is 450 g/mol. The molecule has 0 atom stereocenters. The maximum Gasteiger partial charge on any atom is 0.354 e. The van der Waals surface area contributed by atoms with Crippen molar-refractivity contribution in [3.8, 4) is 17.2 Å². The molecule has 0 radical (unpaired) electrons. The van der Waals surface area contributed by atoms with Crippen molar-refractivity contribution in [1.29, 1.82) is 0 Å². The Balaban J connectivity index is 2.29. The number of benzene rings is 1. The number of esters is 1. The lowest BCUT2D eigenvalue weighted by Gasteiger charge is -2.12. The lowest BCUT2D eigenvalue weighted by molar-refractivity contribution is -0.135. The minimum Gasteiger partial charge on any atom is -0.461 e. The SMILES string of the molecule is CCOC(=O)/C(C)=N/Nc1ccc(Oc2ccc(S(C)(=O)=O)nc2)cc1OS(C)(=O)=O. The quantitative estimate of drug-likeness (QED) is 0.249. The molecule has 0 aliphatic rings. The Morgan fingerprint density at radius 3 is 2.32 bits per heavy atom. The highest BCUT2D eigenvalue weighted by molar-refractivity contribution is 7.90. The molecule has 0 aliphatic heterocycles. The zero-order valence-corrected chi connectivity index (χ0v) is 18.8. The number of pyridine rings is 1. The van der Waals surface area contributed by atoms with E-state index in [0.29, 0.717) is 0 Å². The third-order valence-electron chi connectivity index (χ3n) is 3.43. The van der Waals surface area contributed by atoms with Crippen LogP contribution in [0.2, 0.25) is 0 Å². The largest absolute Gasteiger partial charge is 0.461 e. The summed E-state index contributed by atoms with van der Waals surface area (Å²) in [6.07, 6.45) is 3.11. The first-order chi connectivity index (χ1) is 14.4. The van der Waals surface area contributed by atoms with Gasteiger partial charge in [0.1, 0.15) is 22.9 Å². The fourth-order valence-corrected chi connectivity index (χ4v) is 3.12. The number of aromatic nitrogens is 1. The average Bonchev–Trinajstić information content (AvgIpc) is 2.66. The van der Waals surface area contributed by atoms with Crippen LogP contribution in [0.25, 0.3) is 0 Å². The maximum atomic E-state index is 11.6. The molecule has 1 aromatic carbocycles. The predicted molar refractivity (Wildman–Crippen MR) is 113 cm³/mol. The highest BCUT2D eigenvalue weighted by atomic mass is 32.2. The van der Waals surface area contributed by atoms with Crippen LogP contribution in [0.15, 0.2) is 46.7 Å². The van der Waals surface area contributed by atoms with Gasteiger partial charge in [-0.2, -0.15) is 13.5 Å². The van der Waals surface area contributed by atoms with E-state index >= 15 is 0 Å². The van der Waals surface area contributed by atoms with Crippen molar-refractivity contribution in [2.75, 3.05) is 24.5 Å². The standard InChI is InChI=1S/C18H21N3O8S2/c1-5-27-18(22)12(2)20-21-15-8-6-13(10-16(15)29-31(4,25)26)28-14-7-9-17(19-11-14)30(3,23)24/h6-11,21H,5H2,1-4H3/b20-12+. The number of hydrazone groups is 1. The summed E-state index contributed by atoms with van der Waals surface area (Å²) in [5.41, 5.74) is 2.72. The van der Waals surface area contributed by atoms with Gasteiger partial charge in [0, 0.05) is 12.3 Å². The molecule has 0 saturated carbocycles. The van der Waals surface area contributed by atoms with E-state index < -0.39 is 25.9 Å². The minimum absolute atomic E-state index is 0.0181. The van der Waals surface area contributed by atoms with Gasteiger partial charge in [-0.1, -0.05) is 0 Å². The number of rotatable bonds is 9. The highest BCUT2D eigenvalue weighted by Gasteiger charge is 2.14. The average molecular weight is 472 g/mol. The van der Waals surface area contributed by atoms with Gasteiger partial charge in [-0.15, -0.1) is 0 Å². The number of hydrogen-bond acceptors (Lipinski definition) is 11. The van der Waals surface area contributed by atoms with Crippen molar-refractivity contribution in [3.05, 3.63) is 36.5 Å².